The molecule has 126 valence electrons. The molecule has 1 fully saturated rings. The first kappa shape index (κ1) is 16.2. The molecule has 0 bridgehead atoms. The molecular weight excluding hydrogens is 306 g/mol. The van der Waals surface area contributed by atoms with Gasteiger partial charge in [0.1, 0.15) is 0 Å². The van der Waals surface area contributed by atoms with Crippen molar-refractivity contribution in [3.05, 3.63) is 47.8 Å². The number of carboxylic acids is 1. The van der Waals surface area contributed by atoms with Gasteiger partial charge in [-0.2, -0.15) is 5.10 Å². The van der Waals surface area contributed by atoms with E-state index in [0.717, 1.165) is 24.1 Å². The lowest BCUT2D eigenvalue weighted by molar-refractivity contribution is -0.138. The summed E-state index contributed by atoms with van der Waals surface area (Å²) in [5.74, 6) is -0.576. The molecule has 0 saturated carbocycles. The molecule has 0 unspecified atom stereocenters. The predicted octanol–water partition coefficient (Wildman–Crippen LogP) is 2.51. The van der Waals surface area contributed by atoms with E-state index in [2.05, 4.69) is 5.10 Å². The molecule has 0 spiro atoms. The van der Waals surface area contributed by atoms with Gasteiger partial charge in [-0.25, -0.2) is 4.68 Å². The van der Waals surface area contributed by atoms with Crippen molar-refractivity contribution < 1.29 is 14.7 Å². The smallest absolute Gasteiger partial charge is 0.303 e. The highest BCUT2D eigenvalue weighted by molar-refractivity contribution is 5.94. The summed E-state index contributed by atoms with van der Waals surface area (Å²) in [6, 6.07) is 7.41. The predicted molar refractivity (Wildman–Crippen MR) is 89.2 cm³/mol. The zero-order valence-electron chi connectivity index (χ0n) is 13.7. The van der Waals surface area contributed by atoms with Gasteiger partial charge in [0.05, 0.1) is 11.9 Å². The van der Waals surface area contributed by atoms with Crippen molar-refractivity contribution in [2.45, 2.75) is 26.2 Å². The largest absolute Gasteiger partial charge is 0.481 e. The highest BCUT2D eigenvalue weighted by Crippen LogP contribution is 2.22. The Morgan fingerprint density at radius 1 is 1.21 bits per heavy atom. The van der Waals surface area contributed by atoms with Gasteiger partial charge in [0, 0.05) is 31.3 Å². The average molecular weight is 327 g/mol. The fraction of sp³-hybridized carbons (Fsp3) is 0.389. The van der Waals surface area contributed by atoms with E-state index in [1.807, 2.05) is 42.3 Å². The van der Waals surface area contributed by atoms with Crippen molar-refractivity contribution >= 4 is 11.9 Å². The number of likely N-dealkylation sites (tertiary alicyclic amines) is 1. The fourth-order valence-electron chi connectivity index (χ4n) is 3.08. The van der Waals surface area contributed by atoms with Crippen LogP contribution < -0.4 is 0 Å². The minimum atomic E-state index is -0.760. The standard InChI is InChI=1S/C18H21N3O3/c1-13-11-19-21(12-13)16-4-2-15(3-5-16)18(24)20-8-6-14(7-9-20)10-17(22)23/h2-5,11-12,14H,6-10H2,1H3,(H,22,23). The quantitative estimate of drug-likeness (QED) is 0.936. The summed E-state index contributed by atoms with van der Waals surface area (Å²) in [5.41, 5.74) is 2.65. The number of nitrogens with zero attached hydrogens (tertiary/aromatic N) is 3. The van der Waals surface area contributed by atoms with E-state index in [1.165, 1.54) is 0 Å². The number of hydrogen-bond acceptors (Lipinski definition) is 3. The Morgan fingerprint density at radius 2 is 1.88 bits per heavy atom. The van der Waals surface area contributed by atoms with Crippen molar-refractivity contribution in [2.24, 2.45) is 5.92 Å². The van der Waals surface area contributed by atoms with Gasteiger partial charge in [-0.3, -0.25) is 9.59 Å². The summed E-state index contributed by atoms with van der Waals surface area (Å²) in [4.78, 5) is 25.1. The van der Waals surface area contributed by atoms with Crippen molar-refractivity contribution in [3.8, 4) is 5.69 Å². The first-order valence-corrected chi connectivity index (χ1v) is 8.15. The van der Waals surface area contributed by atoms with Crippen LogP contribution in [0.1, 0.15) is 35.2 Å². The Balaban J connectivity index is 1.62. The van der Waals surface area contributed by atoms with Gasteiger partial charge in [-0.05, 0) is 55.5 Å². The Bertz CT molecular complexity index is 728. The number of carboxylic acid groups (broad SMARTS) is 1. The molecule has 6 nitrogen and oxygen atoms in total. The summed E-state index contributed by atoms with van der Waals surface area (Å²) in [5, 5.41) is 13.1. The third-order valence-electron chi connectivity index (χ3n) is 4.46. The molecule has 1 aliphatic heterocycles. The van der Waals surface area contributed by atoms with Gasteiger partial charge in [0.2, 0.25) is 0 Å². The number of carbonyl (C=O) groups excluding carboxylic acids is 1. The van der Waals surface area contributed by atoms with Crippen LogP contribution in [0.15, 0.2) is 36.7 Å². The third-order valence-corrected chi connectivity index (χ3v) is 4.46. The van der Waals surface area contributed by atoms with Crippen molar-refractivity contribution in [2.75, 3.05) is 13.1 Å². The maximum absolute atomic E-state index is 12.6. The van der Waals surface area contributed by atoms with Crippen LogP contribution in [0.2, 0.25) is 0 Å². The minimum Gasteiger partial charge on any atom is -0.481 e. The Kier molecular flexibility index (Phi) is 4.64. The van der Waals surface area contributed by atoms with Crippen LogP contribution in [0.4, 0.5) is 0 Å². The fourth-order valence-corrected chi connectivity index (χ4v) is 3.08. The maximum atomic E-state index is 12.6. The van der Waals surface area contributed by atoms with E-state index in [-0.39, 0.29) is 18.2 Å². The molecule has 0 atom stereocenters. The Morgan fingerprint density at radius 3 is 2.42 bits per heavy atom. The monoisotopic (exact) mass is 327 g/mol. The number of piperidine rings is 1. The van der Waals surface area contributed by atoms with Crippen molar-refractivity contribution in [1.29, 1.82) is 0 Å². The van der Waals surface area contributed by atoms with Gasteiger partial charge < -0.3 is 10.0 Å². The van der Waals surface area contributed by atoms with E-state index in [1.54, 1.807) is 10.9 Å². The van der Waals surface area contributed by atoms with E-state index in [9.17, 15) is 9.59 Å². The van der Waals surface area contributed by atoms with Crippen LogP contribution in [0.25, 0.3) is 5.69 Å². The average Bonchev–Trinajstić information content (AvgIpc) is 3.01. The first-order valence-electron chi connectivity index (χ1n) is 8.15. The second kappa shape index (κ2) is 6.86. The zero-order chi connectivity index (χ0) is 17.1. The maximum Gasteiger partial charge on any atom is 0.303 e. The summed E-state index contributed by atoms with van der Waals surface area (Å²) < 4.78 is 1.78. The van der Waals surface area contributed by atoms with Gasteiger partial charge in [-0.1, -0.05) is 0 Å². The normalized spacial score (nSPS) is 15.5. The number of aromatic nitrogens is 2. The molecule has 1 aliphatic rings. The highest BCUT2D eigenvalue weighted by Gasteiger charge is 2.24. The number of aliphatic carboxylic acids is 1. The lowest BCUT2D eigenvalue weighted by Crippen LogP contribution is -2.38. The van der Waals surface area contributed by atoms with Crippen molar-refractivity contribution in [3.63, 3.8) is 0 Å². The van der Waals surface area contributed by atoms with E-state index in [4.69, 9.17) is 5.11 Å². The number of rotatable bonds is 4. The number of aryl methyl sites for hydroxylation is 1. The Hall–Kier alpha value is -2.63. The summed E-state index contributed by atoms with van der Waals surface area (Å²) in [7, 11) is 0. The minimum absolute atomic E-state index is 0.00645. The Labute approximate surface area is 140 Å². The van der Waals surface area contributed by atoms with Crippen LogP contribution in [0.3, 0.4) is 0 Å². The number of benzene rings is 1. The van der Waals surface area contributed by atoms with Gasteiger partial charge >= 0.3 is 5.97 Å². The van der Waals surface area contributed by atoms with Crippen LogP contribution in [-0.2, 0) is 4.79 Å². The SMILES string of the molecule is Cc1cnn(-c2ccc(C(=O)N3CCC(CC(=O)O)CC3)cc2)c1. The molecule has 1 N–H and O–H groups in total. The summed E-state index contributed by atoms with van der Waals surface area (Å²) in [6.45, 7) is 3.23. The first-order chi connectivity index (χ1) is 11.5. The second-order valence-corrected chi connectivity index (χ2v) is 6.34. The number of hydrogen-bond donors (Lipinski definition) is 1. The molecule has 1 saturated heterocycles. The molecule has 2 aromatic rings. The molecule has 1 aromatic carbocycles. The lowest BCUT2D eigenvalue weighted by Gasteiger charge is -2.31. The summed E-state index contributed by atoms with van der Waals surface area (Å²) in [6.07, 6.45) is 5.43. The van der Waals surface area contributed by atoms with Crippen molar-refractivity contribution in [1.82, 2.24) is 14.7 Å². The van der Waals surface area contributed by atoms with Gasteiger partial charge in [0.15, 0.2) is 0 Å². The van der Waals surface area contributed by atoms with E-state index >= 15 is 0 Å². The number of carbonyl (C=O) groups is 2. The molecular formula is C18H21N3O3. The van der Waals surface area contributed by atoms with E-state index in [0.29, 0.717) is 18.7 Å². The second-order valence-electron chi connectivity index (χ2n) is 6.34. The molecule has 24 heavy (non-hydrogen) atoms. The lowest BCUT2D eigenvalue weighted by atomic mass is 9.93. The number of amides is 1. The highest BCUT2D eigenvalue weighted by atomic mass is 16.4. The third kappa shape index (κ3) is 3.64. The summed E-state index contributed by atoms with van der Waals surface area (Å²) >= 11 is 0. The molecule has 0 aliphatic carbocycles. The van der Waals surface area contributed by atoms with Crippen LogP contribution in [-0.4, -0.2) is 44.8 Å². The van der Waals surface area contributed by atoms with Gasteiger partial charge in [0.25, 0.3) is 5.91 Å². The van der Waals surface area contributed by atoms with Crippen LogP contribution in [0, 0.1) is 12.8 Å². The molecule has 1 aromatic heterocycles. The van der Waals surface area contributed by atoms with Gasteiger partial charge in [-0.15, -0.1) is 0 Å². The zero-order valence-corrected chi connectivity index (χ0v) is 13.7. The molecule has 1 amide bonds. The molecule has 6 heteroatoms. The molecule has 0 radical (unpaired) electrons. The van der Waals surface area contributed by atoms with Crippen LogP contribution in [0.5, 0.6) is 0 Å². The van der Waals surface area contributed by atoms with E-state index < -0.39 is 5.97 Å². The molecule has 2 heterocycles. The molecule has 3 rings (SSSR count). The topological polar surface area (TPSA) is 75.4 Å². The van der Waals surface area contributed by atoms with Crippen LogP contribution >= 0.6 is 0 Å².